The van der Waals surface area contributed by atoms with Crippen molar-refractivity contribution in [2.24, 2.45) is 0 Å². The van der Waals surface area contributed by atoms with E-state index < -0.39 is 0 Å². The van der Waals surface area contributed by atoms with Crippen molar-refractivity contribution < 1.29 is 4.79 Å². The first-order chi connectivity index (χ1) is 13.6. The first-order valence-corrected chi connectivity index (χ1v) is 10.0. The van der Waals surface area contributed by atoms with Crippen LogP contribution in [-0.4, -0.2) is 21.1 Å². The zero-order valence-electron chi connectivity index (χ0n) is 14.8. The number of thioether (sulfide) groups is 1. The molecule has 4 nitrogen and oxygen atoms in total. The SMILES string of the molecule is N=c1c2ccccc2nc(SCC(=O)c2ccc(Cl)cc2)n1-c1ccccc1. The lowest BCUT2D eigenvalue weighted by Crippen LogP contribution is -2.22. The van der Waals surface area contributed by atoms with Gasteiger partial charge >= 0.3 is 0 Å². The number of Topliss-reactive ketones (excluding diaryl/α,β-unsaturated/α-hetero) is 1. The van der Waals surface area contributed by atoms with Gasteiger partial charge in [0, 0.05) is 21.7 Å². The van der Waals surface area contributed by atoms with Crippen molar-refractivity contribution in [3.05, 3.63) is 94.9 Å². The van der Waals surface area contributed by atoms with Crippen LogP contribution < -0.4 is 5.49 Å². The first kappa shape index (κ1) is 18.5. The van der Waals surface area contributed by atoms with Crippen LogP contribution in [0.2, 0.25) is 5.02 Å². The fraction of sp³-hybridized carbons (Fsp3) is 0.0455. The second-order valence-corrected chi connectivity index (χ2v) is 7.53. The van der Waals surface area contributed by atoms with Crippen molar-refractivity contribution >= 4 is 40.0 Å². The van der Waals surface area contributed by atoms with Gasteiger partial charge in [-0.3, -0.25) is 14.8 Å². The van der Waals surface area contributed by atoms with Gasteiger partial charge in [0.15, 0.2) is 10.9 Å². The van der Waals surface area contributed by atoms with E-state index in [1.54, 1.807) is 28.8 Å². The fourth-order valence-electron chi connectivity index (χ4n) is 2.90. The Bertz CT molecular complexity index is 1200. The zero-order chi connectivity index (χ0) is 19.5. The van der Waals surface area contributed by atoms with Gasteiger partial charge in [0.2, 0.25) is 0 Å². The summed E-state index contributed by atoms with van der Waals surface area (Å²) in [5, 5.41) is 10.7. The van der Waals surface area contributed by atoms with Crippen LogP contribution >= 0.6 is 23.4 Å². The van der Waals surface area contributed by atoms with E-state index in [2.05, 4.69) is 0 Å². The summed E-state index contributed by atoms with van der Waals surface area (Å²) in [6, 6.07) is 24.1. The molecule has 0 radical (unpaired) electrons. The molecule has 3 aromatic carbocycles. The lowest BCUT2D eigenvalue weighted by Gasteiger charge is -2.14. The average Bonchev–Trinajstić information content (AvgIpc) is 2.73. The molecular weight excluding hydrogens is 390 g/mol. The standard InChI is InChI=1S/C22H16ClN3OS/c23-16-12-10-15(11-13-16)20(27)14-28-22-25-19-9-5-4-8-18(19)21(24)26(22)17-6-2-1-3-7-17/h1-13,24H,14H2. The first-order valence-electron chi connectivity index (χ1n) is 8.67. The number of para-hydroxylation sites is 2. The second-order valence-electron chi connectivity index (χ2n) is 6.15. The largest absolute Gasteiger partial charge is 0.293 e. The van der Waals surface area contributed by atoms with Gasteiger partial charge in [-0.15, -0.1) is 0 Å². The number of fused-ring (bicyclic) bond motifs is 1. The molecule has 0 aliphatic rings. The summed E-state index contributed by atoms with van der Waals surface area (Å²) in [7, 11) is 0. The lowest BCUT2D eigenvalue weighted by molar-refractivity contribution is 0.102. The molecule has 1 N–H and O–H groups in total. The minimum absolute atomic E-state index is 0.0113. The average molecular weight is 406 g/mol. The minimum atomic E-state index is -0.0113. The number of carbonyl (C=O) groups is 1. The molecule has 28 heavy (non-hydrogen) atoms. The van der Waals surface area contributed by atoms with Crippen LogP contribution in [-0.2, 0) is 0 Å². The summed E-state index contributed by atoms with van der Waals surface area (Å²) >= 11 is 7.23. The van der Waals surface area contributed by atoms with Gasteiger partial charge in [0.25, 0.3) is 0 Å². The van der Waals surface area contributed by atoms with Crippen LogP contribution in [0.15, 0.2) is 84.0 Å². The fourth-order valence-corrected chi connectivity index (χ4v) is 3.94. The summed E-state index contributed by atoms with van der Waals surface area (Å²) in [4.78, 5) is 17.3. The summed E-state index contributed by atoms with van der Waals surface area (Å²) in [6.45, 7) is 0. The monoisotopic (exact) mass is 405 g/mol. The number of benzene rings is 3. The minimum Gasteiger partial charge on any atom is -0.293 e. The lowest BCUT2D eigenvalue weighted by atomic mass is 10.1. The van der Waals surface area contributed by atoms with Crippen LogP contribution in [0, 0.1) is 5.41 Å². The summed E-state index contributed by atoms with van der Waals surface area (Å²) in [5.74, 6) is 0.210. The Morgan fingerprint density at radius 2 is 1.64 bits per heavy atom. The Kier molecular flexibility index (Phi) is 5.28. The number of nitrogens with one attached hydrogen (secondary N) is 1. The van der Waals surface area contributed by atoms with Crippen molar-refractivity contribution in [2.75, 3.05) is 5.75 Å². The highest BCUT2D eigenvalue weighted by Gasteiger charge is 2.14. The van der Waals surface area contributed by atoms with Gasteiger partial charge in [-0.1, -0.05) is 53.7 Å². The second kappa shape index (κ2) is 8.00. The maximum Gasteiger partial charge on any atom is 0.175 e. The third-order valence-corrected chi connectivity index (χ3v) is 5.49. The van der Waals surface area contributed by atoms with Crippen LogP contribution in [0.5, 0.6) is 0 Å². The van der Waals surface area contributed by atoms with Crippen LogP contribution in [0.3, 0.4) is 0 Å². The van der Waals surface area contributed by atoms with Crippen molar-refractivity contribution in [3.8, 4) is 5.69 Å². The van der Waals surface area contributed by atoms with Gasteiger partial charge in [-0.2, -0.15) is 0 Å². The van der Waals surface area contributed by atoms with Crippen molar-refractivity contribution in [1.82, 2.24) is 9.55 Å². The molecule has 0 atom stereocenters. The smallest absolute Gasteiger partial charge is 0.175 e. The van der Waals surface area contributed by atoms with E-state index >= 15 is 0 Å². The Morgan fingerprint density at radius 3 is 2.39 bits per heavy atom. The number of aromatic nitrogens is 2. The van der Waals surface area contributed by atoms with E-state index in [4.69, 9.17) is 22.0 Å². The number of nitrogens with zero attached hydrogens (tertiary/aromatic N) is 2. The molecule has 0 unspecified atom stereocenters. The van der Waals surface area contributed by atoms with Crippen LogP contribution in [0.1, 0.15) is 10.4 Å². The van der Waals surface area contributed by atoms with Gasteiger partial charge in [-0.05, 0) is 48.5 Å². The van der Waals surface area contributed by atoms with Crippen LogP contribution in [0.4, 0.5) is 0 Å². The molecular formula is C22H16ClN3OS. The number of carbonyl (C=O) groups excluding carboxylic acids is 1. The highest BCUT2D eigenvalue weighted by Crippen LogP contribution is 2.22. The van der Waals surface area contributed by atoms with E-state index in [0.29, 0.717) is 21.2 Å². The normalized spacial score (nSPS) is 10.9. The van der Waals surface area contributed by atoms with Crippen LogP contribution in [0.25, 0.3) is 16.6 Å². The molecule has 0 aliphatic heterocycles. The summed E-state index contributed by atoms with van der Waals surface area (Å²) in [5.41, 5.74) is 2.53. The topological polar surface area (TPSA) is 58.7 Å². The molecule has 1 heterocycles. The summed E-state index contributed by atoms with van der Waals surface area (Å²) in [6.07, 6.45) is 0. The number of hydrogen-bond donors (Lipinski definition) is 1. The predicted molar refractivity (Wildman–Crippen MR) is 113 cm³/mol. The number of hydrogen-bond acceptors (Lipinski definition) is 4. The van der Waals surface area contributed by atoms with Gasteiger partial charge in [0.05, 0.1) is 11.3 Å². The van der Waals surface area contributed by atoms with Crippen molar-refractivity contribution in [2.45, 2.75) is 5.16 Å². The number of ketones is 1. The third kappa shape index (κ3) is 3.72. The molecule has 0 aliphatic carbocycles. The number of rotatable bonds is 5. The van der Waals surface area contributed by atoms with E-state index in [9.17, 15) is 4.79 Å². The summed E-state index contributed by atoms with van der Waals surface area (Å²) < 4.78 is 1.78. The Labute approximate surface area is 171 Å². The molecule has 138 valence electrons. The molecule has 0 fully saturated rings. The third-order valence-electron chi connectivity index (χ3n) is 4.30. The van der Waals surface area contributed by atoms with Crippen molar-refractivity contribution in [1.29, 1.82) is 5.41 Å². The maximum absolute atomic E-state index is 12.6. The highest BCUT2D eigenvalue weighted by atomic mass is 35.5. The Balaban J connectivity index is 1.74. The molecule has 6 heteroatoms. The molecule has 0 saturated heterocycles. The Hall–Kier alpha value is -2.89. The quantitative estimate of drug-likeness (QED) is 0.284. The van der Waals surface area contributed by atoms with Gasteiger partial charge < -0.3 is 0 Å². The maximum atomic E-state index is 12.6. The Morgan fingerprint density at radius 1 is 0.964 bits per heavy atom. The molecule has 0 saturated carbocycles. The molecule has 0 amide bonds. The predicted octanol–water partition coefficient (Wildman–Crippen LogP) is 5.13. The molecule has 0 spiro atoms. The van der Waals surface area contributed by atoms with Gasteiger partial charge in [-0.25, -0.2) is 4.98 Å². The molecule has 0 bridgehead atoms. The highest BCUT2D eigenvalue weighted by molar-refractivity contribution is 7.99. The van der Waals surface area contributed by atoms with E-state index in [1.165, 1.54) is 11.8 Å². The van der Waals surface area contributed by atoms with Crippen molar-refractivity contribution in [3.63, 3.8) is 0 Å². The van der Waals surface area contributed by atoms with E-state index in [1.807, 2.05) is 54.6 Å². The molecule has 4 aromatic rings. The van der Waals surface area contributed by atoms with E-state index in [-0.39, 0.29) is 11.5 Å². The van der Waals surface area contributed by atoms with Gasteiger partial charge in [0.1, 0.15) is 5.49 Å². The molecule has 1 aromatic heterocycles. The number of halogens is 1. The van der Waals surface area contributed by atoms with E-state index in [0.717, 1.165) is 16.6 Å². The molecule has 4 rings (SSSR count). The zero-order valence-corrected chi connectivity index (χ0v) is 16.4.